The summed E-state index contributed by atoms with van der Waals surface area (Å²) in [7, 11) is 0. The van der Waals surface area contributed by atoms with Crippen LogP contribution in [0.25, 0.3) is 0 Å². The molecule has 1 amide bonds. The van der Waals surface area contributed by atoms with E-state index in [0.29, 0.717) is 28.7 Å². The van der Waals surface area contributed by atoms with Crippen molar-refractivity contribution in [1.29, 1.82) is 0 Å². The minimum atomic E-state index is -0.682. The molecule has 1 aromatic heterocycles. The molecule has 1 aliphatic rings. The van der Waals surface area contributed by atoms with E-state index in [1.165, 1.54) is 0 Å². The van der Waals surface area contributed by atoms with Gasteiger partial charge in [0.15, 0.2) is 0 Å². The highest BCUT2D eigenvalue weighted by Crippen LogP contribution is 2.23. The lowest BCUT2D eigenvalue weighted by Gasteiger charge is -2.08. The first-order valence-electron chi connectivity index (χ1n) is 8.74. The van der Waals surface area contributed by atoms with Crippen LogP contribution in [-0.2, 0) is 16.2 Å². The lowest BCUT2D eigenvalue weighted by molar-refractivity contribution is -0.125. The van der Waals surface area contributed by atoms with Crippen LogP contribution in [0.15, 0.2) is 64.5 Å². The van der Waals surface area contributed by atoms with Crippen molar-refractivity contribution in [2.75, 3.05) is 5.32 Å². The van der Waals surface area contributed by atoms with Gasteiger partial charge < -0.3 is 10.2 Å². The number of halogens is 3. The number of nitrogens with zero attached hydrogens (tertiary/aromatic N) is 3. The summed E-state index contributed by atoms with van der Waals surface area (Å²) in [5.74, 6) is -0.275. The van der Waals surface area contributed by atoms with Crippen LogP contribution in [-0.4, -0.2) is 27.5 Å². The summed E-state index contributed by atoms with van der Waals surface area (Å²) < 4.78 is 2.63. The Morgan fingerprint density at radius 2 is 2.14 bits per heavy atom. The van der Waals surface area contributed by atoms with Gasteiger partial charge in [0.2, 0.25) is 6.10 Å². The van der Waals surface area contributed by atoms with Crippen LogP contribution in [0, 0.1) is 0 Å². The van der Waals surface area contributed by atoms with E-state index in [0.717, 1.165) is 21.3 Å². The Labute approximate surface area is 185 Å². The molecule has 0 bridgehead atoms. The van der Waals surface area contributed by atoms with E-state index in [-0.39, 0.29) is 5.91 Å². The van der Waals surface area contributed by atoms with Crippen molar-refractivity contribution in [3.8, 4) is 0 Å². The Bertz CT molecular complexity index is 1100. The summed E-state index contributed by atoms with van der Waals surface area (Å²) in [5.41, 5.74) is 3.10. The zero-order valence-electron chi connectivity index (χ0n) is 15.0. The normalized spacial score (nSPS) is 15.7. The van der Waals surface area contributed by atoms with Gasteiger partial charge >= 0.3 is 0 Å². The Morgan fingerprint density at radius 1 is 1.28 bits per heavy atom. The number of anilines is 1. The van der Waals surface area contributed by atoms with Crippen molar-refractivity contribution in [3.05, 3.63) is 80.5 Å². The Balaban J connectivity index is 1.36. The maximum Gasteiger partial charge on any atom is 0.268 e. The largest absolute Gasteiger partial charge is 0.382 e. The average Bonchev–Trinajstić information content (AvgIpc) is 3.34. The number of benzene rings is 2. The summed E-state index contributed by atoms with van der Waals surface area (Å²) in [5, 5.41) is 12.3. The number of hydrogen-bond acceptors (Lipinski definition) is 4. The van der Waals surface area contributed by atoms with Gasteiger partial charge in [0.1, 0.15) is 0 Å². The third-order valence-corrected chi connectivity index (χ3v) is 5.45. The number of oxime groups is 1. The van der Waals surface area contributed by atoms with E-state index in [2.05, 4.69) is 31.5 Å². The summed E-state index contributed by atoms with van der Waals surface area (Å²) in [6.07, 6.45) is 3.02. The van der Waals surface area contributed by atoms with E-state index in [1.807, 2.05) is 30.3 Å². The van der Waals surface area contributed by atoms with Crippen LogP contribution in [0.2, 0.25) is 10.0 Å². The lowest BCUT2D eigenvalue weighted by atomic mass is 10.0. The zero-order valence-corrected chi connectivity index (χ0v) is 18.1. The van der Waals surface area contributed by atoms with Gasteiger partial charge in [-0.1, -0.05) is 62.5 Å². The van der Waals surface area contributed by atoms with Gasteiger partial charge in [0.05, 0.1) is 24.1 Å². The first-order chi connectivity index (χ1) is 14.0. The molecule has 9 heteroatoms. The molecule has 148 valence electrons. The molecule has 1 atom stereocenters. The first kappa shape index (κ1) is 19.9. The van der Waals surface area contributed by atoms with Gasteiger partial charge in [-0.2, -0.15) is 5.10 Å². The smallest absolute Gasteiger partial charge is 0.268 e. The van der Waals surface area contributed by atoms with Crippen LogP contribution in [0.4, 0.5) is 5.69 Å². The third-order valence-electron chi connectivity index (χ3n) is 4.37. The topological polar surface area (TPSA) is 68.5 Å². The second-order valence-corrected chi connectivity index (χ2v) is 8.26. The van der Waals surface area contributed by atoms with E-state index >= 15 is 0 Å². The van der Waals surface area contributed by atoms with Crippen molar-refractivity contribution >= 4 is 56.4 Å². The molecular weight excluding hydrogens is 479 g/mol. The predicted octanol–water partition coefficient (Wildman–Crippen LogP) is 5.13. The van der Waals surface area contributed by atoms with Gasteiger partial charge in [-0.3, -0.25) is 9.48 Å². The number of hydrogen-bond donors (Lipinski definition) is 1. The molecule has 1 N–H and O–H groups in total. The minimum absolute atomic E-state index is 0.275. The summed E-state index contributed by atoms with van der Waals surface area (Å²) in [4.78, 5) is 17.9. The van der Waals surface area contributed by atoms with Crippen molar-refractivity contribution in [3.63, 3.8) is 0 Å². The fraction of sp³-hybridized carbons (Fsp3) is 0.150. The van der Waals surface area contributed by atoms with Gasteiger partial charge in [0.25, 0.3) is 5.91 Å². The van der Waals surface area contributed by atoms with Gasteiger partial charge in [0, 0.05) is 32.7 Å². The number of rotatable bonds is 5. The molecule has 29 heavy (non-hydrogen) atoms. The van der Waals surface area contributed by atoms with Crippen LogP contribution in [0.1, 0.15) is 17.5 Å². The van der Waals surface area contributed by atoms with Crippen molar-refractivity contribution < 1.29 is 9.63 Å². The van der Waals surface area contributed by atoms with Crippen LogP contribution >= 0.6 is 39.1 Å². The minimum Gasteiger partial charge on any atom is -0.382 e. The molecule has 0 spiro atoms. The highest BCUT2D eigenvalue weighted by Gasteiger charge is 2.29. The average molecular weight is 494 g/mol. The first-order valence-corrected chi connectivity index (χ1v) is 10.3. The maximum absolute atomic E-state index is 12.5. The fourth-order valence-corrected chi connectivity index (χ4v) is 3.79. The molecule has 0 radical (unpaired) electrons. The Morgan fingerprint density at radius 3 is 2.93 bits per heavy atom. The highest BCUT2D eigenvalue weighted by atomic mass is 79.9. The van der Waals surface area contributed by atoms with Gasteiger partial charge in [-0.25, -0.2) is 0 Å². The van der Waals surface area contributed by atoms with E-state index in [4.69, 9.17) is 28.0 Å². The Kier molecular flexibility index (Phi) is 5.89. The molecule has 0 fully saturated rings. The summed E-state index contributed by atoms with van der Waals surface area (Å²) in [6.45, 7) is 0.460. The molecule has 4 rings (SSSR count). The number of nitrogens with one attached hydrogen (secondary N) is 1. The second kappa shape index (κ2) is 8.57. The van der Waals surface area contributed by atoms with Crippen LogP contribution < -0.4 is 5.32 Å². The van der Waals surface area contributed by atoms with E-state index < -0.39 is 6.10 Å². The van der Waals surface area contributed by atoms with Crippen molar-refractivity contribution in [1.82, 2.24) is 9.78 Å². The highest BCUT2D eigenvalue weighted by molar-refractivity contribution is 9.10. The zero-order chi connectivity index (χ0) is 20.4. The van der Waals surface area contributed by atoms with Crippen molar-refractivity contribution in [2.24, 2.45) is 5.16 Å². The molecule has 0 saturated heterocycles. The monoisotopic (exact) mass is 492 g/mol. The summed E-state index contributed by atoms with van der Waals surface area (Å²) in [6, 6.07) is 13.0. The molecule has 1 aliphatic heterocycles. The Hall–Kier alpha value is -2.35. The molecule has 0 aliphatic carbocycles. The van der Waals surface area contributed by atoms with Gasteiger partial charge in [-0.15, -0.1) is 0 Å². The number of carbonyl (C=O) groups is 1. The third kappa shape index (κ3) is 4.80. The van der Waals surface area contributed by atoms with Crippen LogP contribution in [0.3, 0.4) is 0 Å². The molecule has 2 aromatic carbocycles. The van der Waals surface area contributed by atoms with Crippen molar-refractivity contribution in [2.45, 2.75) is 19.1 Å². The summed E-state index contributed by atoms with van der Waals surface area (Å²) >= 11 is 15.6. The van der Waals surface area contributed by atoms with Gasteiger partial charge in [-0.05, 0) is 29.8 Å². The predicted molar refractivity (Wildman–Crippen MR) is 117 cm³/mol. The molecular formula is C20H15BrCl2N4O2. The van der Waals surface area contributed by atoms with E-state index in [1.54, 1.807) is 29.2 Å². The molecule has 3 aromatic rings. The molecule has 0 unspecified atom stereocenters. The second-order valence-electron chi connectivity index (χ2n) is 6.50. The molecule has 0 saturated carbocycles. The standard InChI is InChI=1S/C20H15BrCl2N4O2/c21-14-3-1-2-12(6-14)18-8-19(29-26-18)20(28)25-16-9-24-27(11-16)10-13-4-5-15(22)7-17(13)23/h1-7,9,11,19H,8,10H2,(H,25,28)/t19-/m1/s1. The number of aromatic nitrogens is 2. The SMILES string of the molecule is O=C(Nc1cnn(Cc2ccc(Cl)cc2Cl)c1)[C@H]1CC(c2cccc(Br)c2)=NO1. The fourth-order valence-electron chi connectivity index (χ4n) is 2.92. The van der Waals surface area contributed by atoms with E-state index in [9.17, 15) is 4.79 Å². The number of carbonyl (C=O) groups excluding carboxylic acids is 1. The maximum atomic E-state index is 12.5. The molecule has 2 heterocycles. The number of amides is 1. The molecule has 6 nitrogen and oxygen atoms in total. The lowest BCUT2D eigenvalue weighted by Crippen LogP contribution is -2.27. The quantitative estimate of drug-likeness (QED) is 0.535. The van der Waals surface area contributed by atoms with Crippen LogP contribution in [0.5, 0.6) is 0 Å².